The van der Waals surface area contributed by atoms with Crippen molar-refractivity contribution in [2.45, 2.75) is 6.42 Å². The van der Waals surface area contributed by atoms with E-state index in [2.05, 4.69) is 9.47 Å². The maximum absolute atomic E-state index is 11.4. The van der Waals surface area contributed by atoms with E-state index in [-0.39, 0.29) is 11.7 Å². The smallest absolute Gasteiger partial charge is 0.373 e. The van der Waals surface area contributed by atoms with Crippen LogP contribution in [0.5, 0.6) is 0 Å². The number of ether oxygens (including phenoxy) is 2. The van der Waals surface area contributed by atoms with Crippen molar-refractivity contribution in [2.75, 3.05) is 14.2 Å². The molecule has 0 saturated carbocycles. The summed E-state index contributed by atoms with van der Waals surface area (Å²) in [6.45, 7) is 0. The van der Waals surface area contributed by atoms with Crippen molar-refractivity contribution in [2.24, 2.45) is 0 Å². The minimum atomic E-state index is -0.514. The summed E-state index contributed by atoms with van der Waals surface area (Å²) >= 11 is 0. The summed E-state index contributed by atoms with van der Waals surface area (Å²) in [5.41, 5.74) is 1.36. The van der Waals surface area contributed by atoms with Crippen LogP contribution in [-0.2, 0) is 15.9 Å². The van der Waals surface area contributed by atoms with Gasteiger partial charge in [-0.2, -0.15) is 0 Å². The summed E-state index contributed by atoms with van der Waals surface area (Å²) in [5.74, 6) is -0.125. The molecule has 20 heavy (non-hydrogen) atoms. The molecule has 104 valence electrons. The largest absolute Gasteiger partial charge is 0.465 e. The molecule has 5 heteroatoms. The third-order valence-electron chi connectivity index (χ3n) is 2.77. The normalized spacial score (nSPS) is 10.1. The number of hydrogen-bond donors (Lipinski definition) is 0. The summed E-state index contributed by atoms with van der Waals surface area (Å²) in [4.78, 5) is 22.7. The van der Waals surface area contributed by atoms with Gasteiger partial charge in [-0.05, 0) is 29.8 Å². The molecule has 0 bridgehead atoms. The van der Waals surface area contributed by atoms with Crippen LogP contribution in [0.25, 0.3) is 0 Å². The predicted octanol–water partition coefficient (Wildman–Crippen LogP) is 2.44. The van der Waals surface area contributed by atoms with Gasteiger partial charge < -0.3 is 13.9 Å². The Morgan fingerprint density at radius 2 is 1.80 bits per heavy atom. The Morgan fingerprint density at radius 1 is 1.05 bits per heavy atom. The zero-order valence-corrected chi connectivity index (χ0v) is 11.2. The molecule has 0 aliphatic carbocycles. The lowest BCUT2D eigenvalue weighted by Crippen LogP contribution is -2.01. The first-order valence-electron chi connectivity index (χ1n) is 5.98. The highest BCUT2D eigenvalue weighted by Gasteiger charge is 2.12. The molecule has 0 radical (unpaired) electrons. The number of hydrogen-bond acceptors (Lipinski definition) is 5. The quantitative estimate of drug-likeness (QED) is 0.801. The van der Waals surface area contributed by atoms with Crippen molar-refractivity contribution in [1.82, 2.24) is 0 Å². The van der Waals surface area contributed by atoms with Crippen LogP contribution in [0.1, 0.15) is 32.2 Å². The van der Waals surface area contributed by atoms with Gasteiger partial charge in [0.15, 0.2) is 0 Å². The van der Waals surface area contributed by atoms with Crippen LogP contribution in [-0.4, -0.2) is 26.2 Å². The van der Waals surface area contributed by atoms with E-state index in [1.54, 1.807) is 30.3 Å². The molecule has 0 unspecified atom stereocenters. The minimum Gasteiger partial charge on any atom is -0.465 e. The van der Waals surface area contributed by atoms with Crippen LogP contribution in [0, 0.1) is 0 Å². The maximum Gasteiger partial charge on any atom is 0.373 e. The van der Waals surface area contributed by atoms with Gasteiger partial charge in [0, 0.05) is 6.42 Å². The van der Waals surface area contributed by atoms with E-state index in [1.165, 1.54) is 14.2 Å². The zero-order chi connectivity index (χ0) is 14.5. The summed E-state index contributed by atoms with van der Waals surface area (Å²) in [7, 11) is 2.63. The molecule has 0 spiro atoms. The third kappa shape index (κ3) is 3.06. The van der Waals surface area contributed by atoms with Crippen molar-refractivity contribution < 1.29 is 23.5 Å². The molecule has 1 aromatic heterocycles. The number of benzene rings is 1. The van der Waals surface area contributed by atoms with Gasteiger partial charge in [-0.1, -0.05) is 12.1 Å². The second-order valence-electron chi connectivity index (χ2n) is 4.13. The van der Waals surface area contributed by atoms with E-state index in [4.69, 9.17) is 4.42 Å². The van der Waals surface area contributed by atoms with Gasteiger partial charge in [0.25, 0.3) is 0 Å². The highest BCUT2D eigenvalue weighted by molar-refractivity contribution is 5.89. The molecule has 1 aromatic carbocycles. The van der Waals surface area contributed by atoms with E-state index in [9.17, 15) is 9.59 Å². The van der Waals surface area contributed by atoms with Gasteiger partial charge in [-0.3, -0.25) is 0 Å². The van der Waals surface area contributed by atoms with Gasteiger partial charge in [0.05, 0.1) is 19.8 Å². The minimum absolute atomic E-state index is 0.159. The summed E-state index contributed by atoms with van der Waals surface area (Å²) in [6.07, 6.45) is 0.474. The van der Waals surface area contributed by atoms with Crippen LogP contribution in [0.3, 0.4) is 0 Å². The molecule has 0 aliphatic heterocycles. The molecule has 0 amide bonds. The predicted molar refractivity (Wildman–Crippen MR) is 70.6 cm³/mol. The van der Waals surface area contributed by atoms with Crippen LogP contribution in [0.2, 0.25) is 0 Å². The Morgan fingerprint density at radius 3 is 2.50 bits per heavy atom. The fourth-order valence-corrected chi connectivity index (χ4v) is 1.81. The molecule has 5 nitrogen and oxygen atoms in total. The lowest BCUT2D eigenvalue weighted by molar-refractivity contribution is 0.0561. The highest BCUT2D eigenvalue weighted by Crippen LogP contribution is 2.15. The molecular formula is C15H14O5. The monoisotopic (exact) mass is 274 g/mol. The van der Waals surface area contributed by atoms with E-state index in [1.807, 2.05) is 6.07 Å². The van der Waals surface area contributed by atoms with E-state index < -0.39 is 5.97 Å². The fourth-order valence-electron chi connectivity index (χ4n) is 1.81. The first-order valence-corrected chi connectivity index (χ1v) is 5.98. The number of rotatable bonds is 4. The Balaban J connectivity index is 2.16. The van der Waals surface area contributed by atoms with Crippen molar-refractivity contribution >= 4 is 11.9 Å². The SMILES string of the molecule is COC(=O)c1cccc(Cc2ccc(C(=O)OC)o2)c1. The number of esters is 2. The fraction of sp³-hybridized carbons (Fsp3) is 0.200. The summed E-state index contributed by atoms with van der Waals surface area (Å²) < 4.78 is 14.6. The average molecular weight is 274 g/mol. The van der Waals surface area contributed by atoms with E-state index in [0.29, 0.717) is 17.7 Å². The van der Waals surface area contributed by atoms with Crippen LogP contribution >= 0.6 is 0 Å². The van der Waals surface area contributed by atoms with Gasteiger partial charge >= 0.3 is 11.9 Å². The lowest BCUT2D eigenvalue weighted by atomic mass is 10.1. The molecule has 0 fully saturated rings. The molecule has 0 saturated heterocycles. The van der Waals surface area contributed by atoms with Crippen molar-refractivity contribution in [3.05, 3.63) is 59.0 Å². The molecule has 0 aliphatic rings. The summed E-state index contributed by atoms with van der Waals surface area (Å²) in [5, 5.41) is 0. The number of furan rings is 1. The van der Waals surface area contributed by atoms with Gasteiger partial charge in [-0.15, -0.1) is 0 Å². The molecule has 1 heterocycles. The van der Waals surface area contributed by atoms with Crippen LogP contribution < -0.4 is 0 Å². The molecular weight excluding hydrogens is 260 g/mol. The molecule has 2 aromatic rings. The van der Waals surface area contributed by atoms with Crippen LogP contribution in [0.4, 0.5) is 0 Å². The van der Waals surface area contributed by atoms with Crippen molar-refractivity contribution in [3.63, 3.8) is 0 Å². The topological polar surface area (TPSA) is 65.7 Å². The van der Waals surface area contributed by atoms with Gasteiger partial charge in [-0.25, -0.2) is 9.59 Å². The number of carbonyl (C=O) groups is 2. The molecule has 0 N–H and O–H groups in total. The first kappa shape index (κ1) is 13.9. The first-order chi connectivity index (χ1) is 9.63. The second-order valence-corrected chi connectivity index (χ2v) is 4.13. The Hall–Kier alpha value is -2.56. The lowest BCUT2D eigenvalue weighted by Gasteiger charge is -2.02. The molecule has 0 atom stereocenters. The second kappa shape index (κ2) is 6.06. The number of methoxy groups -OCH3 is 2. The molecule has 2 rings (SSSR count). The van der Waals surface area contributed by atoms with Gasteiger partial charge in [0.1, 0.15) is 5.76 Å². The van der Waals surface area contributed by atoms with Crippen molar-refractivity contribution in [1.29, 1.82) is 0 Å². The standard InChI is InChI=1S/C15H14O5/c1-18-14(16)11-5-3-4-10(8-11)9-12-6-7-13(20-12)15(17)19-2/h3-8H,9H2,1-2H3. The average Bonchev–Trinajstić information content (AvgIpc) is 2.94. The van der Waals surface area contributed by atoms with Crippen LogP contribution in [0.15, 0.2) is 40.8 Å². The Labute approximate surface area is 116 Å². The zero-order valence-electron chi connectivity index (χ0n) is 11.2. The highest BCUT2D eigenvalue weighted by atomic mass is 16.5. The Bertz CT molecular complexity index is 627. The Kier molecular flexibility index (Phi) is 4.20. The summed E-state index contributed by atoms with van der Waals surface area (Å²) in [6, 6.07) is 10.3. The van der Waals surface area contributed by atoms with E-state index >= 15 is 0 Å². The number of carbonyl (C=O) groups excluding carboxylic acids is 2. The maximum atomic E-state index is 11.4. The third-order valence-corrected chi connectivity index (χ3v) is 2.77. The van der Waals surface area contributed by atoms with E-state index in [0.717, 1.165) is 5.56 Å². The van der Waals surface area contributed by atoms with Gasteiger partial charge in [0.2, 0.25) is 5.76 Å². The van der Waals surface area contributed by atoms with Crippen molar-refractivity contribution in [3.8, 4) is 0 Å².